The lowest BCUT2D eigenvalue weighted by atomic mass is 10.0. The Hall–Kier alpha value is -5.50. The number of ether oxygens (including phenoxy) is 1. The Morgan fingerprint density at radius 2 is 1.73 bits per heavy atom. The van der Waals surface area contributed by atoms with Gasteiger partial charge in [-0.1, -0.05) is 66.7 Å². The van der Waals surface area contributed by atoms with Crippen molar-refractivity contribution in [1.29, 1.82) is 0 Å². The summed E-state index contributed by atoms with van der Waals surface area (Å²) < 4.78 is 47.0. The van der Waals surface area contributed by atoms with Gasteiger partial charge in [-0.15, -0.1) is 22.1 Å². The van der Waals surface area contributed by atoms with Gasteiger partial charge in [0.25, 0.3) is 0 Å². The van der Waals surface area contributed by atoms with Gasteiger partial charge in [0.1, 0.15) is 11.6 Å². The minimum atomic E-state index is -4.45. The van der Waals surface area contributed by atoms with Gasteiger partial charge in [-0.3, -0.25) is 0 Å². The highest BCUT2D eigenvalue weighted by Gasteiger charge is 2.30. The minimum Gasteiger partial charge on any atom is -0.493 e. The van der Waals surface area contributed by atoms with Crippen LogP contribution in [0.15, 0.2) is 114 Å². The molecule has 2 aromatic heterocycles. The third-order valence-electron chi connectivity index (χ3n) is 7.95. The number of para-hydroxylation sites is 1. The van der Waals surface area contributed by atoms with Crippen molar-refractivity contribution in [1.82, 2.24) is 35.8 Å². The van der Waals surface area contributed by atoms with Crippen molar-refractivity contribution < 1.29 is 17.9 Å². The minimum absolute atomic E-state index is 0. The van der Waals surface area contributed by atoms with Crippen molar-refractivity contribution in [2.45, 2.75) is 31.7 Å². The number of tetrazole rings is 1. The number of aromatic nitrogens is 5. The number of anilines is 2. The van der Waals surface area contributed by atoms with Gasteiger partial charge in [0.05, 0.1) is 37.0 Å². The van der Waals surface area contributed by atoms with Crippen LogP contribution in [0.1, 0.15) is 35.0 Å². The highest BCUT2D eigenvalue weighted by atomic mass is 79.9. The molecule has 0 radical (unpaired) electrons. The first-order valence-electron chi connectivity index (χ1n) is 15.3. The predicted octanol–water partition coefficient (Wildman–Crippen LogP) is 7.31. The van der Waals surface area contributed by atoms with E-state index in [-0.39, 0.29) is 28.8 Å². The molecule has 1 aliphatic heterocycles. The largest absolute Gasteiger partial charge is 0.493 e. The number of alkyl halides is 3. The molecule has 0 amide bonds. The zero-order valence-corrected chi connectivity index (χ0v) is 27.6. The summed E-state index contributed by atoms with van der Waals surface area (Å²) in [5.41, 5.74) is 2.64. The van der Waals surface area contributed by atoms with E-state index in [0.29, 0.717) is 37.2 Å². The van der Waals surface area contributed by atoms with Gasteiger partial charge < -0.3 is 20.7 Å². The number of fused-ring (bicyclic) bond motifs is 2. The van der Waals surface area contributed by atoms with E-state index in [0.717, 1.165) is 58.1 Å². The molecular weight excluding hydrogens is 699 g/mol. The number of aliphatic imine (C=N–C) groups is 1. The number of halogens is 4. The summed E-state index contributed by atoms with van der Waals surface area (Å²) in [6.45, 7) is 1.19. The van der Waals surface area contributed by atoms with Crippen LogP contribution in [0.2, 0.25) is 0 Å². The van der Waals surface area contributed by atoms with Crippen LogP contribution < -0.4 is 20.7 Å². The first kappa shape index (κ1) is 33.4. The van der Waals surface area contributed by atoms with Crippen molar-refractivity contribution >= 4 is 45.2 Å². The topological polar surface area (TPSA) is 114 Å². The molecule has 0 aliphatic carbocycles. The van der Waals surface area contributed by atoms with E-state index in [1.165, 1.54) is 0 Å². The summed E-state index contributed by atoms with van der Waals surface area (Å²) >= 11 is 0. The first-order valence-corrected chi connectivity index (χ1v) is 15.3. The highest BCUT2D eigenvalue weighted by molar-refractivity contribution is 8.93. The van der Waals surface area contributed by atoms with Crippen LogP contribution >= 0.6 is 17.0 Å². The fourth-order valence-electron chi connectivity index (χ4n) is 5.56. The van der Waals surface area contributed by atoms with Gasteiger partial charge in [-0.25, -0.2) is 9.98 Å². The van der Waals surface area contributed by atoms with Crippen LogP contribution in [0.5, 0.6) is 5.75 Å². The second-order valence-corrected chi connectivity index (χ2v) is 11.1. The van der Waals surface area contributed by atoms with E-state index in [4.69, 9.17) is 9.73 Å². The maximum absolute atomic E-state index is 13.1. The van der Waals surface area contributed by atoms with Crippen LogP contribution in [0.3, 0.4) is 0 Å². The van der Waals surface area contributed by atoms with Gasteiger partial charge in [0.2, 0.25) is 0 Å². The zero-order chi connectivity index (χ0) is 32.9. The molecule has 3 heterocycles. The summed E-state index contributed by atoms with van der Waals surface area (Å²) in [4.78, 5) is 8.89. The van der Waals surface area contributed by atoms with Gasteiger partial charge in [0, 0.05) is 29.3 Å². The lowest BCUT2D eigenvalue weighted by Crippen LogP contribution is -2.41. The molecule has 14 heteroatoms. The summed E-state index contributed by atoms with van der Waals surface area (Å²) in [5.74, 6) is 2.10. The van der Waals surface area contributed by atoms with Crippen LogP contribution in [0.25, 0.3) is 16.5 Å². The Kier molecular flexibility index (Phi) is 10.0. The molecule has 10 nitrogen and oxygen atoms in total. The number of guanidine groups is 1. The molecule has 0 fully saturated rings. The molecule has 7 rings (SSSR count). The quantitative estimate of drug-likeness (QED) is 0.110. The van der Waals surface area contributed by atoms with Gasteiger partial charge >= 0.3 is 6.18 Å². The molecule has 0 saturated heterocycles. The van der Waals surface area contributed by atoms with E-state index >= 15 is 0 Å². The molecule has 4 aromatic carbocycles. The number of benzene rings is 4. The summed E-state index contributed by atoms with van der Waals surface area (Å²) in [7, 11) is 0. The Morgan fingerprint density at radius 3 is 2.59 bits per heavy atom. The van der Waals surface area contributed by atoms with Gasteiger partial charge in [0.15, 0.2) is 11.8 Å². The molecule has 0 saturated carbocycles. The number of rotatable bonds is 8. The molecule has 3 N–H and O–H groups in total. The Balaban J connectivity index is 0.00000417. The maximum Gasteiger partial charge on any atom is 0.416 e. The van der Waals surface area contributed by atoms with E-state index in [2.05, 4.69) is 36.5 Å². The smallest absolute Gasteiger partial charge is 0.416 e. The lowest BCUT2D eigenvalue weighted by molar-refractivity contribution is -0.137. The maximum atomic E-state index is 13.1. The SMILES string of the molecule is Br.FC(F)(F)c1ccnc(Nc2ccc(CN=C(NCc3nnnn3-c3cccc4ccccc34)NC3CCOc4ccccc43)cc2)c1. The van der Waals surface area contributed by atoms with Crippen LogP contribution in [0.4, 0.5) is 24.7 Å². The fraction of sp³-hybridized carbons (Fsp3) is 0.171. The molecule has 49 heavy (non-hydrogen) atoms. The molecular formula is C35H31BrF3N9O. The number of nitrogens with one attached hydrogen (secondary N) is 3. The van der Waals surface area contributed by atoms with E-state index in [9.17, 15) is 13.2 Å². The van der Waals surface area contributed by atoms with Crippen LogP contribution in [-0.2, 0) is 19.3 Å². The molecule has 1 aliphatic rings. The van der Waals surface area contributed by atoms with Crippen molar-refractivity contribution in [3.63, 3.8) is 0 Å². The standard InChI is InChI=1S/C35H30F3N9O.BrH/c36-35(37,38)25-16-18-39-32(20-25)42-26-14-12-23(13-15-26)21-40-34(43-29-17-19-48-31-11-4-3-9-28(29)31)41-22-33-44-45-46-47(33)30-10-5-7-24-6-1-2-8-27(24)30;/h1-16,18,20,29H,17,19,21-22H2,(H,39,42)(H2,40,41,43);1H. The highest BCUT2D eigenvalue weighted by Crippen LogP contribution is 2.32. The van der Waals surface area contributed by atoms with Crippen molar-refractivity contribution in [2.24, 2.45) is 4.99 Å². The Morgan fingerprint density at radius 1 is 0.939 bits per heavy atom. The average molecular weight is 731 g/mol. The van der Waals surface area contributed by atoms with Crippen molar-refractivity contribution in [3.8, 4) is 11.4 Å². The monoisotopic (exact) mass is 729 g/mol. The van der Waals surface area contributed by atoms with Crippen LogP contribution in [-0.4, -0.2) is 37.8 Å². The van der Waals surface area contributed by atoms with E-state index in [1.807, 2.05) is 78.9 Å². The number of pyridine rings is 1. The van der Waals surface area contributed by atoms with Gasteiger partial charge in [-0.2, -0.15) is 17.9 Å². The second-order valence-electron chi connectivity index (χ2n) is 11.1. The lowest BCUT2D eigenvalue weighted by Gasteiger charge is -2.28. The predicted molar refractivity (Wildman–Crippen MR) is 186 cm³/mol. The van der Waals surface area contributed by atoms with E-state index < -0.39 is 11.7 Å². The van der Waals surface area contributed by atoms with Gasteiger partial charge in [-0.05, 0) is 57.8 Å². The Labute approximate surface area is 290 Å². The van der Waals surface area contributed by atoms with Crippen molar-refractivity contribution in [2.75, 3.05) is 11.9 Å². The second kappa shape index (κ2) is 14.7. The molecule has 6 aromatic rings. The zero-order valence-electron chi connectivity index (χ0n) is 25.9. The normalized spacial score (nSPS) is 14.3. The molecule has 1 unspecified atom stereocenters. The number of nitrogens with zero attached hydrogens (tertiary/aromatic N) is 6. The molecule has 0 spiro atoms. The number of hydrogen-bond acceptors (Lipinski definition) is 7. The first-order chi connectivity index (χ1) is 23.4. The third-order valence-corrected chi connectivity index (χ3v) is 7.95. The summed E-state index contributed by atoms with van der Waals surface area (Å²) in [6, 6.07) is 31.2. The number of hydrogen-bond donors (Lipinski definition) is 3. The van der Waals surface area contributed by atoms with Crippen LogP contribution in [0, 0.1) is 0 Å². The molecule has 0 bridgehead atoms. The average Bonchev–Trinajstić information content (AvgIpc) is 3.58. The third kappa shape index (κ3) is 7.81. The molecule has 1 atom stereocenters. The van der Waals surface area contributed by atoms with E-state index in [1.54, 1.807) is 16.8 Å². The summed E-state index contributed by atoms with van der Waals surface area (Å²) in [5, 5.41) is 24.6. The molecule has 250 valence electrons. The van der Waals surface area contributed by atoms with Crippen molar-refractivity contribution in [3.05, 3.63) is 132 Å². The fourth-order valence-corrected chi connectivity index (χ4v) is 5.56. The summed E-state index contributed by atoms with van der Waals surface area (Å²) in [6.07, 6.45) is -2.57. The Bertz CT molecular complexity index is 2060.